The Bertz CT molecular complexity index is 1400. The lowest BCUT2D eigenvalue weighted by Crippen LogP contribution is -2.41. The number of aryl methyl sites for hydroxylation is 1. The number of rotatable bonds is 12. The number of H-pyrrole nitrogens is 2. The molecule has 0 bridgehead atoms. The smallest absolute Gasteiger partial charge is 0.340 e. The van der Waals surface area contributed by atoms with Gasteiger partial charge in [-0.3, -0.25) is 9.97 Å². The summed E-state index contributed by atoms with van der Waals surface area (Å²) in [4.78, 5) is 23.4. The van der Waals surface area contributed by atoms with Crippen LogP contribution in [-0.4, -0.2) is 63.6 Å². The number of ether oxygens (including phenoxy) is 2. The Morgan fingerprint density at radius 3 is 2.79 bits per heavy atom. The molecule has 42 heavy (non-hydrogen) atoms. The fourth-order valence-corrected chi connectivity index (χ4v) is 5.97. The van der Waals surface area contributed by atoms with Crippen LogP contribution in [0.15, 0.2) is 35.3 Å². The molecule has 0 aromatic carbocycles. The number of aromatic nitrogens is 5. The van der Waals surface area contributed by atoms with E-state index >= 15 is 0 Å². The van der Waals surface area contributed by atoms with E-state index in [1.165, 1.54) is 0 Å². The van der Waals surface area contributed by atoms with E-state index in [9.17, 15) is 10.1 Å². The third-order valence-corrected chi connectivity index (χ3v) is 8.50. The van der Waals surface area contributed by atoms with E-state index in [2.05, 4.69) is 51.8 Å². The highest BCUT2D eigenvalue weighted by Crippen LogP contribution is 2.31. The summed E-state index contributed by atoms with van der Waals surface area (Å²) < 4.78 is 11.2. The van der Waals surface area contributed by atoms with Gasteiger partial charge in [0, 0.05) is 49.3 Å². The van der Waals surface area contributed by atoms with Gasteiger partial charge in [-0.25, -0.2) is 14.9 Å². The minimum atomic E-state index is -0.404. The lowest BCUT2D eigenvalue weighted by Gasteiger charge is -2.31. The van der Waals surface area contributed by atoms with Crippen molar-refractivity contribution in [1.82, 2.24) is 30.5 Å². The van der Waals surface area contributed by atoms with Crippen molar-refractivity contribution in [1.29, 1.82) is 5.26 Å². The molecule has 1 aliphatic carbocycles. The molecule has 3 aromatic rings. The lowest BCUT2D eigenvalue weighted by molar-refractivity contribution is 0.0455. The zero-order valence-electron chi connectivity index (χ0n) is 24.6. The van der Waals surface area contributed by atoms with Gasteiger partial charge in [0.2, 0.25) is 0 Å². The first-order chi connectivity index (χ1) is 20.4. The van der Waals surface area contributed by atoms with Gasteiger partial charge in [-0.15, -0.1) is 0 Å². The predicted molar refractivity (Wildman–Crippen MR) is 160 cm³/mol. The number of aromatic amines is 2. The molecule has 11 nitrogen and oxygen atoms in total. The number of hydrogen-bond donors (Lipinski definition) is 4. The van der Waals surface area contributed by atoms with Crippen molar-refractivity contribution in [3.63, 3.8) is 0 Å². The first-order valence-electron chi connectivity index (χ1n) is 15.0. The predicted octanol–water partition coefficient (Wildman–Crippen LogP) is 3.89. The van der Waals surface area contributed by atoms with Gasteiger partial charge in [0.05, 0.1) is 23.8 Å². The number of nitriles is 1. The van der Waals surface area contributed by atoms with E-state index in [0.717, 1.165) is 73.3 Å². The molecule has 1 aliphatic heterocycles. The number of hydrogen-bond acceptors (Lipinski definition) is 9. The third kappa shape index (κ3) is 8.03. The fourth-order valence-electron chi connectivity index (χ4n) is 5.97. The SMILES string of the molecule is Cc1cnc(CC2CCC(N[C@H](C)COCc3n[nH]c(=O)[nH]3)CC2)cc1-c1cccc(NCC2(C#N)CCOCC2)n1. The molecule has 1 saturated heterocycles. The maximum Gasteiger partial charge on any atom is 0.340 e. The van der Waals surface area contributed by atoms with Gasteiger partial charge in [0.25, 0.3) is 0 Å². The molecule has 224 valence electrons. The van der Waals surface area contributed by atoms with Crippen LogP contribution in [0, 0.1) is 29.6 Å². The van der Waals surface area contributed by atoms with Gasteiger partial charge < -0.3 is 20.1 Å². The van der Waals surface area contributed by atoms with Crippen molar-refractivity contribution in [3.8, 4) is 17.3 Å². The van der Waals surface area contributed by atoms with E-state index in [1.807, 2.05) is 24.4 Å². The molecule has 11 heteroatoms. The van der Waals surface area contributed by atoms with E-state index in [1.54, 1.807) is 0 Å². The van der Waals surface area contributed by atoms with Crippen LogP contribution in [0.2, 0.25) is 0 Å². The van der Waals surface area contributed by atoms with Gasteiger partial charge in [-0.05, 0) is 88.5 Å². The van der Waals surface area contributed by atoms with Crippen molar-refractivity contribution in [2.75, 3.05) is 31.7 Å². The first-order valence-corrected chi connectivity index (χ1v) is 15.0. The molecule has 0 spiro atoms. The molecule has 4 heterocycles. The van der Waals surface area contributed by atoms with Crippen LogP contribution in [0.5, 0.6) is 0 Å². The molecule has 4 N–H and O–H groups in total. The molecule has 0 unspecified atom stereocenters. The number of nitrogens with one attached hydrogen (secondary N) is 4. The summed E-state index contributed by atoms with van der Waals surface area (Å²) in [6.07, 6.45) is 8.99. The first kappa shape index (κ1) is 29.9. The number of pyridine rings is 2. The average Bonchev–Trinajstić information content (AvgIpc) is 3.43. The Balaban J connectivity index is 1.11. The highest BCUT2D eigenvalue weighted by Gasteiger charge is 2.32. The van der Waals surface area contributed by atoms with Crippen molar-refractivity contribution >= 4 is 5.82 Å². The summed E-state index contributed by atoms with van der Waals surface area (Å²) in [5, 5.41) is 23.1. The molecule has 2 aliphatic rings. The number of anilines is 1. The molecule has 1 atom stereocenters. The molecule has 2 fully saturated rings. The van der Waals surface area contributed by atoms with Gasteiger partial charge in [-0.1, -0.05) is 6.07 Å². The molecule has 0 amide bonds. The Morgan fingerprint density at radius 2 is 2.05 bits per heavy atom. The van der Waals surface area contributed by atoms with Crippen LogP contribution in [-0.2, 0) is 22.5 Å². The Morgan fingerprint density at radius 1 is 1.24 bits per heavy atom. The van der Waals surface area contributed by atoms with Crippen LogP contribution < -0.4 is 16.3 Å². The van der Waals surface area contributed by atoms with Crippen LogP contribution in [0.3, 0.4) is 0 Å². The summed E-state index contributed by atoms with van der Waals surface area (Å²) >= 11 is 0. The van der Waals surface area contributed by atoms with Gasteiger partial charge in [0.15, 0.2) is 5.82 Å². The van der Waals surface area contributed by atoms with E-state index in [-0.39, 0.29) is 18.3 Å². The van der Waals surface area contributed by atoms with Crippen molar-refractivity contribution in [3.05, 3.63) is 58.0 Å². The fraction of sp³-hybridized carbons (Fsp3) is 0.581. The summed E-state index contributed by atoms with van der Waals surface area (Å²) in [7, 11) is 0. The third-order valence-electron chi connectivity index (χ3n) is 8.50. The summed E-state index contributed by atoms with van der Waals surface area (Å²) in [5.41, 5.74) is 3.51. The highest BCUT2D eigenvalue weighted by molar-refractivity contribution is 5.65. The highest BCUT2D eigenvalue weighted by atomic mass is 16.5. The summed E-state index contributed by atoms with van der Waals surface area (Å²) in [5.74, 6) is 1.91. The number of nitrogens with zero attached hydrogens (tertiary/aromatic N) is 4. The molecular formula is C31H42N8O3. The van der Waals surface area contributed by atoms with Gasteiger partial charge in [0.1, 0.15) is 12.4 Å². The molecule has 0 radical (unpaired) electrons. The Kier molecular flexibility index (Phi) is 10.00. The zero-order chi connectivity index (χ0) is 29.4. The second-order valence-corrected chi connectivity index (χ2v) is 11.9. The topological polar surface area (TPSA) is 154 Å². The quantitative estimate of drug-likeness (QED) is 0.252. The maximum atomic E-state index is 11.1. The van der Waals surface area contributed by atoms with Gasteiger partial charge in [-0.2, -0.15) is 10.4 Å². The normalized spacial score (nSPS) is 21.0. The van der Waals surface area contributed by atoms with Crippen LogP contribution in [0.1, 0.15) is 62.5 Å². The van der Waals surface area contributed by atoms with Crippen LogP contribution in [0.4, 0.5) is 5.82 Å². The largest absolute Gasteiger partial charge is 0.381 e. The van der Waals surface area contributed by atoms with Crippen LogP contribution >= 0.6 is 0 Å². The second-order valence-electron chi connectivity index (χ2n) is 11.9. The minimum Gasteiger partial charge on any atom is -0.381 e. The summed E-state index contributed by atoms with van der Waals surface area (Å²) in [6, 6.07) is 11.4. The molecule has 5 rings (SSSR count). The lowest BCUT2D eigenvalue weighted by atomic mass is 9.82. The molecule has 3 aromatic heterocycles. The Hall–Kier alpha value is -3.59. The van der Waals surface area contributed by atoms with Gasteiger partial charge >= 0.3 is 5.69 Å². The van der Waals surface area contributed by atoms with Crippen molar-refractivity contribution < 1.29 is 9.47 Å². The van der Waals surface area contributed by atoms with E-state index < -0.39 is 5.41 Å². The molecule has 1 saturated carbocycles. The van der Waals surface area contributed by atoms with E-state index in [4.69, 9.17) is 19.4 Å². The van der Waals surface area contributed by atoms with E-state index in [0.29, 0.717) is 44.1 Å². The van der Waals surface area contributed by atoms with Crippen molar-refractivity contribution in [2.45, 2.75) is 77.5 Å². The molecular weight excluding hydrogens is 532 g/mol. The van der Waals surface area contributed by atoms with Crippen LogP contribution in [0.25, 0.3) is 11.3 Å². The maximum absolute atomic E-state index is 11.1. The monoisotopic (exact) mass is 574 g/mol. The Labute approximate surface area is 246 Å². The second kappa shape index (κ2) is 14.1. The minimum absolute atomic E-state index is 0.221. The van der Waals surface area contributed by atoms with Crippen molar-refractivity contribution in [2.24, 2.45) is 11.3 Å². The standard InChI is InChI=1S/C31H42N8O3/c1-21-16-33-25(14-23-6-8-24(9-7-23)35-22(2)17-42-18-29-37-30(40)39-38-29)15-26(21)27-4-3-5-28(36-27)34-20-31(19-32)10-12-41-13-11-31/h3-5,15-16,22-24,35H,6-14,17-18,20H2,1-2H3,(H,34,36)(H2,37,38,39,40)/t22-,23?,24?/m1/s1. The zero-order valence-corrected chi connectivity index (χ0v) is 24.6. The average molecular weight is 575 g/mol. The summed E-state index contributed by atoms with van der Waals surface area (Å²) in [6.45, 7) is 6.89.